The number of rotatable bonds is 6. The second kappa shape index (κ2) is 6.75. The highest BCUT2D eigenvalue weighted by Gasteiger charge is 2.14. The molecule has 1 heterocycles. The van der Waals surface area contributed by atoms with Crippen molar-refractivity contribution >= 4 is 17.8 Å². The number of aromatic nitrogens is 2. The van der Waals surface area contributed by atoms with Gasteiger partial charge in [0.25, 0.3) is 5.56 Å². The van der Waals surface area contributed by atoms with Crippen molar-refractivity contribution in [2.24, 2.45) is 0 Å². The molecule has 0 amide bonds. The molecule has 102 valence electrons. The molecule has 0 aromatic carbocycles. The molecule has 0 aliphatic heterocycles. The lowest BCUT2D eigenvalue weighted by Gasteiger charge is -2.19. The minimum atomic E-state index is 0.00164. The van der Waals surface area contributed by atoms with Crippen molar-refractivity contribution in [2.45, 2.75) is 33.2 Å². The topological polar surface area (TPSA) is 47.4 Å². The fourth-order valence-electron chi connectivity index (χ4n) is 1.88. The third-order valence-electron chi connectivity index (χ3n) is 2.73. The molecule has 0 spiro atoms. The molecule has 0 fully saturated rings. The first kappa shape index (κ1) is 15.0. The lowest BCUT2D eigenvalue weighted by molar-refractivity contribution is 0.355. The Kier molecular flexibility index (Phi) is 5.62. The molecule has 0 N–H and O–H groups in total. The standard InChI is InChI=1S/C12H20ClN3O2/c1-5-7-16-11(17)10(6-8-18-13)9(2)14-12(16)15(3)4/h5-8H2,1-4H3. The Hall–Kier alpha value is -1.07. The minimum Gasteiger partial charge on any atom is -0.348 e. The summed E-state index contributed by atoms with van der Waals surface area (Å²) in [7, 11) is 3.77. The monoisotopic (exact) mass is 273 g/mol. The molecule has 1 rings (SSSR count). The Labute approximate surface area is 113 Å². The zero-order valence-corrected chi connectivity index (χ0v) is 12.1. The van der Waals surface area contributed by atoms with Gasteiger partial charge in [-0.15, -0.1) is 0 Å². The Morgan fingerprint density at radius 1 is 1.44 bits per heavy atom. The van der Waals surface area contributed by atoms with Gasteiger partial charge in [0, 0.05) is 32.6 Å². The summed E-state index contributed by atoms with van der Waals surface area (Å²) in [4.78, 5) is 18.8. The third kappa shape index (κ3) is 3.23. The van der Waals surface area contributed by atoms with Gasteiger partial charge in [0.1, 0.15) is 0 Å². The fourth-order valence-corrected chi connectivity index (χ4v) is 1.96. The van der Waals surface area contributed by atoms with Crippen LogP contribution in [-0.4, -0.2) is 30.3 Å². The molecule has 1 aromatic rings. The van der Waals surface area contributed by atoms with E-state index in [1.165, 1.54) is 0 Å². The maximum absolute atomic E-state index is 12.4. The van der Waals surface area contributed by atoms with Crippen LogP contribution in [0.15, 0.2) is 4.79 Å². The smallest absolute Gasteiger partial charge is 0.258 e. The predicted molar refractivity (Wildman–Crippen MR) is 73.4 cm³/mol. The molecule has 0 atom stereocenters. The summed E-state index contributed by atoms with van der Waals surface area (Å²) in [6.07, 6.45) is 1.37. The second-order valence-corrected chi connectivity index (χ2v) is 4.61. The van der Waals surface area contributed by atoms with Crippen LogP contribution in [0.25, 0.3) is 0 Å². The molecule has 0 aliphatic carbocycles. The Morgan fingerprint density at radius 2 is 2.11 bits per heavy atom. The van der Waals surface area contributed by atoms with Crippen LogP contribution in [0.5, 0.6) is 0 Å². The second-order valence-electron chi connectivity index (χ2n) is 4.39. The number of halogens is 1. The summed E-state index contributed by atoms with van der Waals surface area (Å²) < 4.78 is 6.22. The van der Waals surface area contributed by atoms with E-state index < -0.39 is 0 Å². The maximum atomic E-state index is 12.4. The number of nitrogens with zero attached hydrogens (tertiary/aromatic N) is 3. The first-order valence-corrected chi connectivity index (χ1v) is 6.35. The van der Waals surface area contributed by atoms with Gasteiger partial charge in [0.15, 0.2) is 0 Å². The van der Waals surface area contributed by atoms with Gasteiger partial charge < -0.3 is 4.90 Å². The molecule has 5 nitrogen and oxygen atoms in total. The summed E-state index contributed by atoms with van der Waals surface area (Å²) in [5.41, 5.74) is 1.42. The van der Waals surface area contributed by atoms with Gasteiger partial charge in [-0.2, -0.15) is 0 Å². The quantitative estimate of drug-likeness (QED) is 0.792. The van der Waals surface area contributed by atoms with Crippen molar-refractivity contribution in [2.75, 3.05) is 25.6 Å². The molecular weight excluding hydrogens is 254 g/mol. The van der Waals surface area contributed by atoms with Gasteiger partial charge in [-0.05, 0) is 13.3 Å². The van der Waals surface area contributed by atoms with E-state index in [1.807, 2.05) is 32.8 Å². The van der Waals surface area contributed by atoms with E-state index in [9.17, 15) is 4.79 Å². The van der Waals surface area contributed by atoms with Gasteiger partial charge in [-0.25, -0.2) is 4.98 Å². The molecule has 0 aliphatic rings. The van der Waals surface area contributed by atoms with E-state index in [1.54, 1.807) is 4.57 Å². The molecule has 0 radical (unpaired) electrons. The summed E-state index contributed by atoms with van der Waals surface area (Å²) in [5, 5.41) is 0. The molecule has 0 unspecified atom stereocenters. The van der Waals surface area contributed by atoms with Gasteiger partial charge in [-0.3, -0.25) is 13.7 Å². The van der Waals surface area contributed by atoms with Crippen LogP contribution in [0.1, 0.15) is 24.6 Å². The van der Waals surface area contributed by atoms with Crippen LogP contribution in [0.3, 0.4) is 0 Å². The van der Waals surface area contributed by atoms with Crippen molar-refractivity contribution in [1.29, 1.82) is 0 Å². The molecule has 1 aromatic heterocycles. The van der Waals surface area contributed by atoms with Crippen molar-refractivity contribution in [1.82, 2.24) is 9.55 Å². The van der Waals surface area contributed by atoms with Crippen LogP contribution < -0.4 is 10.5 Å². The largest absolute Gasteiger partial charge is 0.348 e. The Balaban J connectivity index is 3.31. The zero-order valence-electron chi connectivity index (χ0n) is 11.4. The maximum Gasteiger partial charge on any atom is 0.258 e. The molecule has 0 saturated heterocycles. The van der Waals surface area contributed by atoms with Gasteiger partial charge in [0.05, 0.1) is 24.2 Å². The van der Waals surface area contributed by atoms with Crippen LogP contribution in [0.4, 0.5) is 5.95 Å². The highest BCUT2D eigenvalue weighted by molar-refractivity contribution is 6.07. The van der Waals surface area contributed by atoms with Crippen LogP contribution in [0.2, 0.25) is 0 Å². The van der Waals surface area contributed by atoms with Gasteiger partial charge >= 0.3 is 0 Å². The summed E-state index contributed by atoms with van der Waals surface area (Å²) in [6.45, 7) is 4.85. The van der Waals surface area contributed by atoms with Gasteiger partial charge in [0.2, 0.25) is 5.95 Å². The van der Waals surface area contributed by atoms with E-state index >= 15 is 0 Å². The van der Waals surface area contributed by atoms with E-state index in [0.29, 0.717) is 31.1 Å². The lowest BCUT2D eigenvalue weighted by Crippen LogP contribution is -2.32. The van der Waals surface area contributed by atoms with E-state index in [0.717, 1.165) is 12.1 Å². The molecule has 0 bridgehead atoms. The fraction of sp³-hybridized carbons (Fsp3) is 0.667. The number of aryl methyl sites for hydroxylation is 1. The predicted octanol–water partition coefficient (Wildman–Crippen LogP) is 1.74. The van der Waals surface area contributed by atoms with Gasteiger partial charge in [-0.1, -0.05) is 6.92 Å². The SMILES string of the molecule is CCCn1c(N(C)C)nc(C)c(CCOCl)c1=O. The Bertz CT molecular complexity index is 457. The molecular formula is C12H20ClN3O2. The highest BCUT2D eigenvalue weighted by atomic mass is 35.5. The Morgan fingerprint density at radius 3 is 2.61 bits per heavy atom. The first-order chi connectivity index (χ1) is 8.52. The molecule has 0 saturated carbocycles. The number of anilines is 1. The average molecular weight is 274 g/mol. The molecule has 6 heteroatoms. The summed E-state index contributed by atoms with van der Waals surface area (Å²) >= 11 is 5.20. The van der Waals surface area contributed by atoms with Crippen molar-refractivity contribution in [3.63, 3.8) is 0 Å². The lowest BCUT2D eigenvalue weighted by atomic mass is 10.2. The van der Waals surface area contributed by atoms with E-state index in [4.69, 9.17) is 11.9 Å². The van der Waals surface area contributed by atoms with Crippen molar-refractivity contribution in [3.05, 3.63) is 21.6 Å². The van der Waals surface area contributed by atoms with E-state index in [2.05, 4.69) is 9.27 Å². The molecule has 18 heavy (non-hydrogen) atoms. The highest BCUT2D eigenvalue weighted by Crippen LogP contribution is 2.11. The number of hydrogen-bond acceptors (Lipinski definition) is 4. The first-order valence-electron chi connectivity index (χ1n) is 6.04. The van der Waals surface area contributed by atoms with E-state index in [-0.39, 0.29) is 5.56 Å². The van der Waals surface area contributed by atoms with Crippen LogP contribution in [0, 0.1) is 6.92 Å². The van der Waals surface area contributed by atoms with Crippen LogP contribution in [-0.2, 0) is 17.3 Å². The normalized spacial score (nSPS) is 10.7. The number of hydrogen-bond donors (Lipinski definition) is 0. The minimum absolute atomic E-state index is 0.00164. The summed E-state index contributed by atoms with van der Waals surface area (Å²) in [5.74, 6) is 0.690. The summed E-state index contributed by atoms with van der Waals surface area (Å²) in [6, 6.07) is 0. The van der Waals surface area contributed by atoms with Crippen LogP contribution >= 0.6 is 11.9 Å². The van der Waals surface area contributed by atoms with Crippen molar-refractivity contribution < 1.29 is 4.29 Å². The average Bonchev–Trinajstić information content (AvgIpc) is 2.32. The van der Waals surface area contributed by atoms with Crippen molar-refractivity contribution in [3.8, 4) is 0 Å². The zero-order chi connectivity index (χ0) is 13.7. The third-order valence-corrected chi connectivity index (χ3v) is 2.88.